The predicted molar refractivity (Wildman–Crippen MR) is 76.2 cm³/mol. The number of benzene rings is 1. The molecule has 5 heteroatoms. The van der Waals surface area contributed by atoms with Crippen molar-refractivity contribution >= 4 is 22.4 Å². The third-order valence-electron chi connectivity index (χ3n) is 2.51. The van der Waals surface area contributed by atoms with Crippen molar-refractivity contribution in [2.24, 2.45) is 0 Å². The maximum absolute atomic E-state index is 11.6. The van der Waals surface area contributed by atoms with Gasteiger partial charge in [-0.05, 0) is 12.0 Å². The van der Waals surface area contributed by atoms with E-state index in [1.807, 2.05) is 42.6 Å². The molecule has 0 saturated carbocycles. The normalized spacial score (nSPS) is 10.4. The van der Waals surface area contributed by atoms with Gasteiger partial charge in [-0.15, -0.1) is 11.3 Å². The number of hydrogen-bond acceptors (Lipinski definition) is 4. The van der Waals surface area contributed by atoms with E-state index in [2.05, 4.69) is 10.3 Å². The summed E-state index contributed by atoms with van der Waals surface area (Å²) in [6, 6.07) is 9.77. The number of ether oxygens (including phenoxy) is 1. The molecule has 1 amide bonds. The second-order valence-electron chi connectivity index (χ2n) is 4.02. The van der Waals surface area contributed by atoms with Gasteiger partial charge in [-0.2, -0.15) is 0 Å². The van der Waals surface area contributed by atoms with Crippen molar-refractivity contribution in [1.29, 1.82) is 0 Å². The van der Waals surface area contributed by atoms with Crippen LogP contribution in [0, 0.1) is 0 Å². The van der Waals surface area contributed by atoms with Gasteiger partial charge in [-0.25, -0.2) is 4.98 Å². The number of anilines is 1. The summed E-state index contributed by atoms with van der Waals surface area (Å²) in [4.78, 5) is 15.9. The van der Waals surface area contributed by atoms with Gasteiger partial charge in [0.25, 0.3) is 5.91 Å². The molecule has 2 aromatic rings. The van der Waals surface area contributed by atoms with Gasteiger partial charge in [0.05, 0.1) is 12.3 Å². The monoisotopic (exact) mass is 276 g/mol. The molecular formula is C14H16N2O2S. The smallest absolute Gasteiger partial charge is 0.252 e. The van der Waals surface area contributed by atoms with Crippen LogP contribution in [0.1, 0.15) is 18.2 Å². The highest BCUT2D eigenvalue weighted by atomic mass is 32.1. The summed E-state index contributed by atoms with van der Waals surface area (Å²) in [7, 11) is 0. The molecule has 1 aromatic carbocycles. The summed E-state index contributed by atoms with van der Waals surface area (Å²) in [6.07, 6.45) is 0.872. The standard InChI is InChI=1S/C14H16N2O2S/c1-2-12-10-19-14(15-12)16-13(17)9-18-8-11-6-4-3-5-7-11/h3-7,10H,2,8-9H2,1H3,(H,15,16,17). The Kier molecular flexibility index (Phi) is 5.06. The van der Waals surface area contributed by atoms with E-state index in [4.69, 9.17) is 4.74 Å². The highest BCUT2D eigenvalue weighted by molar-refractivity contribution is 7.13. The average Bonchev–Trinajstić information content (AvgIpc) is 2.87. The third-order valence-corrected chi connectivity index (χ3v) is 3.31. The van der Waals surface area contributed by atoms with Crippen LogP contribution in [-0.2, 0) is 22.6 Å². The molecule has 0 bridgehead atoms. The van der Waals surface area contributed by atoms with Crippen LogP contribution >= 0.6 is 11.3 Å². The lowest BCUT2D eigenvalue weighted by molar-refractivity contribution is -0.121. The van der Waals surface area contributed by atoms with Crippen LogP contribution in [0.3, 0.4) is 0 Å². The van der Waals surface area contributed by atoms with Gasteiger partial charge in [-0.3, -0.25) is 10.1 Å². The first-order valence-corrected chi connectivity index (χ1v) is 7.02. The molecule has 4 nitrogen and oxygen atoms in total. The summed E-state index contributed by atoms with van der Waals surface area (Å²) in [5, 5.41) is 5.30. The molecule has 0 fully saturated rings. The number of aryl methyl sites for hydroxylation is 1. The molecule has 100 valence electrons. The first kappa shape index (κ1) is 13.7. The molecule has 0 unspecified atom stereocenters. The van der Waals surface area contributed by atoms with E-state index < -0.39 is 0 Å². The van der Waals surface area contributed by atoms with E-state index in [1.54, 1.807) is 0 Å². The number of rotatable bonds is 6. The summed E-state index contributed by atoms with van der Waals surface area (Å²) >= 11 is 1.43. The van der Waals surface area contributed by atoms with Crippen molar-refractivity contribution < 1.29 is 9.53 Å². The molecule has 0 aliphatic heterocycles. The number of thiazole rings is 1. The van der Waals surface area contributed by atoms with Crippen molar-refractivity contribution in [2.45, 2.75) is 20.0 Å². The van der Waals surface area contributed by atoms with Gasteiger partial charge in [0, 0.05) is 5.38 Å². The van der Waals surface area contributed by atoms with Crippen LogP contribution < -0.4 is 5.32 Å². The predicted octanol–water partition coefficient (Wildman–Crippen LogP) is 2.86. The van der Waals surface area contributed by atoms with E-state index >= 15 is 0 Å². The molecule has 0 atom stereocenters. The van der Waals surface area contributed by atoms with E-state index in [0.29, 0.717) is 11.7 Å². The van der Waals surface area contributed by atoms with Gasteiger partial charge in [0.2, 0.25) is 0 Å². The molecular weight excluding hydrogens is 260 g/mol. The maximum Gasteiger partial charge on any atom is 0.252 e. The summed E-state index contributed by atoms with van der Waals surface area (Å²) < 4.78 is 5.35. The lowest BCUT2D eigenvalue weighted by atomic mass is 10.2. The average molecular weight is 276 g/mol. The first-order valence-electron chi connectivity index (χ1n) is 6.14. The van der Waals surface area contributed by atoms with Gasteiger partial charge >= 0.3 is 0 Å². The second kappa shape index (κ2) is 7.01. The topological polar surface area (TPSA) is 51.2 Å². The minimum atomic E-state index is -0.173. The van der Waals surface area contributed by atoms with Gasteiger partial charge in [0.15, 0.2) is 5.13 Å². The number of nitrogens with one attached hydrogen (secondary N) is 1. The summed E-state index contributed by atoms with van der Waals surface area (Å²) in [5.74, 6) is -0.173. The number of aromatic nitrogens is 1. The highest BCUT2D eigenvalue weighted by Crippen LogP contribution is 2.15. The molecule has 2 rings (SSSR count). The SMILES string of the molecule is CCc1csc(NC(=O)COCc2ccccc2)n1. The fourth-order valence-corrected chi connectivity index (χ4v) is 2.33. The quantitative estimate of drug-likeness (QED) is 0.882. The van der Waals surface area contributed by atoms with Crippen LogP contribution in [0.15, 0.2) is 35.7 Å². The number of amides is 1. The first-order chi connectivity index (χ1) is 9.28. The Labute approximate surface area is 116 Å². The number of carbonyl (C=O) groups excluding carboxylic acids is 1. The molecule has 0 saturated heterocycles. The maximum atomic E-state index is 11.6. The molecule has 0 aliphatic rings. The van der Waals surface area contributed by atoms with Crippen molar-refractivity contribution in [3.8, 4) is 0 Å². The number of nitrogens with zero attached hydrogens (tertiary/aromatic N) is 1. The van der Waals surface area contributed by atoms with Gasteiger partial charge < -0.3 is 4.74 Å². The van der Waals surface area contributed by atoms with E-state index in [0.717, 1.165) is 17.7 Å². The molecule has 0 radical (unpaired) electrons. The van der Waals surface area contributed by atoms with E-state index in [1.165, 1.54) is 11.3 Å². The molecule has 0 spiro atoms. The van der Waals surface area contributed by atoms with Gasteiger partial charge in [0.1, 0.15) is 6.61 Å². The lowest BCUT2D eigenvalue weighted by Gasteiger charge is -2.04. The molecule has 1 N–H and O–H groups in total. The van der Waals surface area contributed by atoms with Crippen molar-refractivity contribution in [3.63, 3.8) is 0 Å². The Bertz CT molecular complexity index is 525. The Balaban J connectivity index is 1.73. The minimum absolute atomic E-state index is 0.0376. The van der Waals surface area contributed by atoms with E-state index in [9.17, 15) is 4.79 Å². The van der Waals surface area contributed by atoms with Gasteiger partial charge in [-0.1, -0.05) is 37.3 Å². The van der Waals surface area contributed by atoms with Crippen LogP contribution in [0.2, 0.25) is 0 Å². The van der Waals surface area contributed by atoms with Crippen molar-refractivity contribution in [1.82, 2.24) is 4.98 Å². The summed E-state index contributed by atoms with van der Waals surface area (Å²) in [5.41, 5.74) is 2.04. The van der Waals surface area contributed by atoms with Crippen molar-refractivity contribution in [2.75, 3.05) is 11.9 Å². The van der Waals surface area contributed by atoms with Crippen LogP contribution in [-0.4, -0.2) is 17.5 Å². The van der Waals surface area contributed by atoms with Crippen LogP contribution in [0.25, 0.3) is 0 Å². The fraction of sp³-hybridized carbons (Fsp3) is 0.286. The third kappa shape index (κ3) is 4.46. The molecule has 1 aromatic heterocycles. The largest absolute Gasteiger partial charge is 0.367 e. The molecule has 1 heterocycles. The fourth-order valence-electron chi connectivity index (χ4n) is 1.52. The van der Waals surface area contributed by atoms with Crippen LogP contribution in [0.5, 0.6) is 0 Å². The Hall–Kier alpha value is -1.72. The lowest BCUT2D eigenvalue weighted by Crippen LogP contribution is -2.18. The molecule has 0 aliphatic carbocycles. The number of carbonyl (C=O) groups is 1. The molecule has 19 heavy (non-hydrogen) atoms. The van der Waals surface area contributed by atoms with Crippen LogP contribution in [0.4, 0.5) is 5.13 Å². The second-order valence-corrected chi connectivity index (χ2v) is 4.88. The number of hydrogen-bond donors (Lipinski definition) is 1. The zero-order valence-corrected chi connectivity index (χ0v) is 11.6. The zero-order valence-electron chi connectivity index (χ0n) is 10.8. The van der Waals surface area contributed by atoms with E-state index in [-0.39, 0.29) is 12.5 Å². The Morgan fingerprint density at radius 1 is 1.37 bits per heavy atom. The summed E-state index contributed by atoms with van der Waals surface area (Å²) in [6.45, 7) is 2.51. The zero-order chi connectivity index (χ0) is 13.5. The Morgan fingerprint density at radius 2 is 2.16 bits per heavy atom. The minimum Gasteiger partial charge on any atom is -0.367 e. The Morgan fingerprint density at radius 3 is 2.84 bits per heavy atom. The highest BCUT2D eigenvalue weighted by Gasteiger charge is 2.06. The van der Waals surface area contributed by atoms with Crippen molar-refractivity contribution in [3.05, 3.63) is 47.0 Å².